The summed E-state index contributed by atoms with van der Waals surface area (Å²) in [6.07, 6.45) is 3.56. The van der Waals surface area contributed by atoms with E-state index < -0.39 is 0 Å². The number of aromatic nitrogens is 2. The lowest BCUT2D eigenvalue weighted by atomic mass is 10.1. The Morgan fingerprint density at radius 1 is 1.12 bits per heavy atom. The highest BCUT2D eigenvalue weighted by molar-refractivity contribution is 5.94. The average Bonchev–Trinajstić information content (AvgIpc) is 3.02. The zero-order chi connectivity index (χ0) is 16.8. The molecule has 24 heavy (non-hydrogen) atoms. The van der Waals surface area contributed by atoms with E-state index in [1.807, 2.05) is 36.4 Å². The van der Waals surface area contributed by atoms with Gasteiger partial charge in [0.15, 0.2) is 5.82 Å². The van der Waals surface area contributed by atoms with E-state index in [0.717, 1.165) is 35.1 Å². The maximum atomic E-state index is 12.1. The van der Waals surface area contributed by atoms with Gasteiger partial charge < -0.3 is 9.84 Å². The van der Waals surface area contributed by atoms with Crippen molar-refractivity contribution in [3.8, 4) is 0 Å². The zero-order valence-electron chi connectivity index (χ0n) is 13.8. The van der Waals surface area contributed by atoms with Crippen LogP contribution in [0.15, 0.2) is 47.0 Å². The topological polar surface area (TPSA) is 68.0 Å². The van der Waals surface area contributed by atoms with Gasteiger partial charge in [-0.2, -0.15) is 4.98 Å². The van der Waals surface area contributed by atoms with Crippen molar-refractivity contribution in [3.63, 3.8) is 0 Å². The number of benzene rings is 2. The summed E-state index contributed by atoms with van der Waals surface area (Å²) in [5.41, 5.74) is 0.821. The molecule has 3 rings (SSSR count). The molecule has 1 N–H and O–H groups in total. The number of fused-ring (bicyclic) bond motifs is 1. The van der Waals surface area contributed by atoms with Crippen molar-refractivity contribution in [3.05, 3.63) is 54.2 Å². The number of nitrogens with zero attached hydrogens (tertiary/aromatic N) is 2. The third-order valence-electron chi connectivity index (χ3n) is 3.81. The van der Waals surface area contributed by atoms with Crippen LogP contribution < -0.4 is 5.32 Å². The van der Waals surface area contributed by atoms with Gasteiger partial charge in [-0.25, -0.2) is 0 Å². The summed E-state index contributed by atoms with van der Waals surface area (Å²) in [6, 6.07) is 14.0. The molecule has 2 aromatic carbocycles. The number of amides is 1. The molecular weight excluding hydrogens is 302 g/mol. The molecule has 0 aliphatic carbocycles. The molecule has 0 saturated heterocycles. The first-order valence-corrected chi connectivity index (χ1v) is 8.34. The smallest absolute Gasteiger partial charge is 0.226 e. The van der Waals surface area contributed by atoms with Crippen LogP contribution in [0.3, 0.4) is 0 Å². The van der Waals surface area contributed by atoms with Gasteiger partial charge in [0.1, 0.15) is 0 Å². The minimum absolute atomic E-state index is 0.00132. The van der Waals surface area contributed by atoms with Crippen molar-refractivity contribution >= 4 is 22.4 Å². The van der Waals surface area contributed by atoms with E-state index >= 15 is 0 Å². The second-order valence-electron chi connectivity index (χ2n) is 5.82. The van der Waals surface area contributed by atoms with Gasteiger partial charge in [-0.1, -0.05) is 42.4 Å². The fourth-order valence-electron chi connectivity index (χ4n) is 2.61. The van der Waals surface area contributed by atoms with Gasteiger partial charge in [0.2, 0.25) is 11.8 Å². The molecule has 0 bridgehead atoms. The molecular formula is C19H21N3O2. The predicted molar refractivity (Wildman–Crippen MR) is 93.8 cm³/mol. The van der Waals surface area contributed by atoms with Crippen LogP contribution in [0.2, 0.25) is 0 Å². The molecule has 0 atom stereocenters. The summed E-state index contributed by atoms with van der Waals surface area (Å²) in [4.78, 5) is 16.4. The number of carbonyl (C=O) groups is 1. The molecule has 0 unspecified atom stereocenters. The molecule has 0 aliphatic rings. The number of aryl methyl sites for hydroxylation is 2. The summed E-state index contributed by atoms with van der Waals surface area (Å²) in [6.45, 7) is 2.08. The maximum Gasteiger partial charge on any atom is 0.226 e. The van der Waals surface area contributed by atoms with E-state index in [1.54, 1.807) is 0 Å². The lowest BCUT2D eigenvalue weighted by molar-refractivity contribution is -0.116. The molecule has 0 saturated carbocycles. The van der Waals surface area contributed by atoms with Crippen molar-refractivity contribution in [1.82, 2.24) is 10.1 Å². The van der Waals surface area contributed by atoms with E-state index in [9.17, 15) is 4.79 Å². The van der Waals surface area contributed by atoms with Gasteiger partial charge in [-0.3, -0.25) is 4.79 Å². The first-order valence-electron chi connectivity index (χ1n) is 8.34. The summed E-state index contributed by atoms with van der Waals surface area (Å²) < 4.78 is 5.17. The van der Waals surface area contributed by atoms with Gasteiger partial charge in [0.05, 0.1) is 0 Å². The second kappa shape index (κ2) is 7.73. The van der Waals surface area contributed by atoms with Crippen LogP contribution in [0.25, 0.3) is 10.8 Å². The van der Waals surface area contributed by atoms with Crippen molar-refractivity contribution in [2.75, 3.05) is 5.32 Å². The monoisotopic (exact) mass is 323 g/mol. The first kappa shape index (κ1) is 16.2. The van der Waals surface area contributed by atoms with Crippen molar-refractivity contribution < 1.29 is 9.32 Å². The largest absolute Gasteiger partial charge is 0.339 e. The molecule has 0 aliphatic heterocycles. The summed E-state index contributed by atoms with van der Waals surface area (Å²) >= 11 is 0. The van der Waals surface area contributed by atoms with Crippen LogP contribution in [-0.2, 0) is 17.6 Å². The molecule has 1 amide bonds. The lowest BCUT2D eigenvalue weighted by Crippen LogP contribution is -2.11. The Bertz CT molecular complexity index is 826. The standard InChI is InChI=1S/C19H21N3O2/c1-2-6-17-21-19(24-22-17)10-5-9-18(23)20-16-12-11-14-7-3-4-8-15(14)13-16/h3-4,7-8,11-13H,2,5-6,9-10H2,1H3,(H,20,23). The number of rotatable bonds is 7. The summed E-state index contributed by atoms with van der Waals surface area (Å²) in [5.74, 6) is 1.35. The quantitative estimate of drug-likeness (QED) is 0.709. The fourth-order valence-corrected chi connectivity index (χ4v) is 2.61. The van der Waals surface area contributed by atoms with Crippen LogP contribution in [0.1, 0.15) is 37.9 Å². The van der Waals surface area contributed by atoms with Gasteiger partial charge >= 0.3 is 0 Å². The minimum atomic E-state index is -0.00132. The minimum Gasteiger partial charge on any atom is -0.339 e. The number of carbonyl (C=O) groups excluding carboxylic acids is 1. The van der Waals surface area contributed by atoms with Crippen LogP contribution in [-0.4, -0.2) is 16.0 Å². The van der Waals surface area contributed by atoms with Crippen molar-refractivity contribution in [2.24, 2.45) is 0 Å². The number of hydrogen-bond donors (Lipinski definition) is 1. The number of hydrogen-bond acceptors (Lipinski definition) is 4. The molecule has 0 radical (unpaired) electrons. The first-order chi connectivity index (χ1) is 11.7. The molecule has 5 heteroatoms. The fraction of sp³-hybridized carbons (Fsp3) is 0.316. The Labute approximate surface area is 141 Å². The second-order valence-corrected chi connectivity index (χ2v) is 5.82. The molecule has 0 spiro atoms. The van der Waals surface area contributed by atoms with E-state index in [2.05, 4.69) is 28.4 Å². The molecule has 1 aromatic heterocycles. The molecule has 1 heterocycles. The van der Waals surface area contributed by atoms with E-state index in [-0.39, 0.29) is 5.91 Å². The highest BCUT2D eigenvalue weighted by Gasteiger charge is 2.08. The van der Waals surface area contributed by atoms with E-state index in [1.165, 1.54) is 0 Å². The van der Waals surface area contributed by atoms with Gasteiger partial charge in [0.25, 0.3) is 0 Å². The Balaban J connectivity index is 1.49. The Kier molecular flexibility index (Phi) is 5.21. The van der Waals surface area contributed by atoms with E-state index in [0.29, 0.717) is 25.2 Å². The van der Waals surface area contributed by atoms with Crippen molar-refractivity contribution in [1.29, 1.82) is 0 Å². The molecule has 5 nitrogen and oxygen atoms in total. The van der Waals surface area contributed by atoms with Crippen LogP contribution in [0, 0.1) is 0 Å². The van der Waals surface area contributed by atoms with E-state index in [4.69, 9.17) is 4.52 Å². The van der Waals surface area contributed by atoms with Crippen molar-refractivity contribution in [2.45, 2.75) is 39.0 Å². The Morgan fingerprint density at radius 2 is 1.96 bits per heavy atom. The van der Waals surface area contributed by atoms with Crippen LogP contribution in [0.5, 0.6) is 0 Å². The van der Waals surface area contributed by atoms with Gasteiger partial charge in [0, 0.05) is 24.9 Å². The predicted octanol–water partition coefficient (Wildman–Crippen LogP) is 4.14. The lowest BCUT2D eigenvalue weighted by Gasteiger charge is -2.06. The average molecular weight is 323 g/mol. The Hall–Kier alpha value is -2.69. The molecule has 3 aromatic rings. The SMILES string of the molecule is CCCc1noc(CCCC(=O)Nc2ccc3ccccc3c2)n1. The Morgan fingerprint density at radius 3 is 2.79 bits per heavy atom. The molecule has 124 valence electrons. The third kappa shape index (κ3) is 4.19. The normalized spacial score (nSPS) is 10.9. The third-order valence-corrected chi connectivity index (χ3v) is 3.81. The highest BCUT2D eigenvalue weighted by atomic mass is 16.5. The maximum absolute atomic E-state index is 12.1. The van der Waals surface area contributed by atoms with Crippen LogP contribution >= 0.6 is 0 Å². The highest BCUT2D eigenvalue weighted by Crippen LogP contribution is 2.19. The zero-order valence-corrected chi connectivity index (χ0v) is 13.8. The number of nitrogens with one attached hydrogen (secondary N) is 1. The number of anilines is 1. The summed E-state index contributed by atoms with van der Waals surface area (Å²) in [7, 11) is 0. The summed E-state index contributed by atoms with van der Waals surface area (Å²) in [5, 5.41) is 9.13. The van der Waals surface area contributed by atoms with Crippen LogP contribution in [0.4, 0.5) is 5.69 Å². The van der Waals surface area contributed by atoms with Gasteiger partial charge in [-0.15, -0.1) is 0 Å². The van der Waals surface area contributed by atoms with Gasteiger partial charge in [-0.05, 0) is 35.7 Å². The molecule has 0 fully saturated rings.